The number of carbonyl (C=O) groups is 1. The van der Waals surface area contributed by atoms with Gasteiger partial charge in [-0.2, -0.15) is 0 Å². The Balaban J connectivity index is 1.26. The van der Waals surface area contributed by atoms with Crippen LogP contribution < -0.4 is 4.90 Å². The van der Waals surface area contributed by atoms with E-state index < -0.39 is 0 Å². The quantitative estimate of drug-likeness (QED) is 0.561. The van der Waals surface area contributed by atoms with Gasteiger partial charge in [0.1, 0.15) is 17.4 Å². The number of rotatable bonds is 6. The number of aromatic nitrogens is 1. The van der Waals surface area contributed by atoms with E-state index in [1.807, 2.05) is 4.90 Å². The first-order chi connectivity index (χ1) is 15.0. The Morgan fingerprint density at radius 1 is 1.06 bits per heavy atom. The first-order valence-electron chi connectivity index (χ1n) is 10.1. The molecule has 3 aromatic rings. The van der Waals surface area contributed by atoms with Gasteiger partial charge in [-0.15, -0.1) is 11.8 Å². The van der Waals surface area contributed by atoms with Gasteiger partial charge in [-0.3, -0.25) is 4.79 Å². The highest BCUT2D eigenvalue weighted by Gasteiger charge is 2.22. The second-order valence-corrected chi connectivity index (χ2v) is 8.32. The first kappa shape index (κ1) is 21.4. The van der Waals surface area contributed by atoms with Crippen molar-refractivity contribution >= 4 is 23.4 Å². The molecule has 31 heavy (non-hydrogen) atoms. The van der Waals surface area contributed by atoms with Crippen molar-refractivity contribution < 1.29 is 18.0 Å². The molecule has 1 amide bonds. The molecule has 2 aromatic carbocycles. The van der Waals surface area contributed by atoms with E-state index in [9.17, 15) is 13.6 Å². The summed E-state index contributed by atoms with van der Waals surface area (Å²) in [5, 5.41) is 0. The van der Waals surface area contributed by atoms with Crippen molar-refractivity contribution in [1.29, 1.82) is 0 Å². The van der Waals surface area contributed by atoms with Crippen molar-refractivity contribution in [3.05, 3.63) is 71.6 Å². The zero-order valence-corrected chi connectivity index (χ0v) is 18.0. The predicted octanol–water partition coefficient (Wildman–Crippen LogP) is 4.51. The molecule has 0 saturated carbocycles. The minimum absolute atomic E-state index is 0.0826. The molecule has 0 bridgehead atoms. The number of benzene rings is 2. The lowest BCUT2D eigenvalue weighted by Gasteiger charge is -2.36. The van der Waals surface area contributed by atoms with Gasteiger partial charge in [0.15, 0.2) is 0 Å². The summed E-state index contributed by atoms with van der Waals surface area (Å²) in [7, 11) is 0. The maximum atomic E-state index is 14.0. The summed E-state index contributed by atoms with van der Waals surface area (Å²) < 4.78 is 32.7. The Morgan fingerprint density at radius 3 is 2.48 bits per heavy atom. The fourth-order valence-electron chi connectivity index (χ4n) is 3.50. The van der Waals surface area contributed by atoms with Crippen molar-refractivity contribution in [3.63, 3.8) is 0 Å². The van der Waals surface area contributed by atoms with E-state index in [1.54, 1.807) is 37.3 Å². The molecule has 2 heterocycles. The van der Waals surface area contributed by atoms with Crippen molar-refractivity contribution in [1.82, 2.24) is 9.88 Å². The number of amides is 1. The minimum atomic E-state index is -0.377. The zero-order valence-electron chi connectivity index (χ0n) is 17.2. The SMILES string of the molecule is Cc1oc(-c2ccccc2F)nc1CSCC(=O)N1CCN(c2ccc(F)cc2)CC1. The van der Waals surface area contributed by atoms with Crippen molar-refractivity contribution in [2.75, 3.05) is 36.8 Å². The largest absolute Gasteiger partial charge is 0.441 e. The molecular weight excluding hydrogens is 420 g/mol. The average molecular weight is 444 g/mol. The number of aryl methyl sites for hydroxylation is 1. The summed E-state index contributed by atoms with van der Waals surface area (Å²) in [5.41, 5.74) is 2.02. The number of hydrogen-bond donors (Lipinski definition) is 0. The van der Waals surface area contributed by atoms with Gasteiger partial charge in [0.05, 0.1) is 17.0 Å². The molecule has 0 spiro atoms. The summed E-state index contributed by atoms with van der Waals surface area (Å²) in [6, 6.07) is 12.8. The van der Waals surface area contributed by atoms with Gasteiger partial charge in [-0.25, -0.2) is 13.8 Å². The van der Waals surface area contributed by atoms with Crippen LogP contribution in [-0.2, 0) is 10.5 Å². The van der Waals surface area contributed by atoms with Crippen molar-refractivity contribution in [3.8, 4) is 11.5 Å². The van der Waals surface area contributed by atoms with E-state index >= 15 is 0 Å². The summed E-state index contributed by atoms with van der Waals surface area (Å²) in [6.45, 7) is 4.50. The molecule has 1 aliphatic heterocycles. The monoisotopic (exact) mass is 443 g/mol. The molecule has 0 radical (unpaired) electrons. The third-order valence-corrected chi connectivity index (χ3v) is 6.21. The highest BCUT2D eigenvalue weighted by Crippen LogP contribution is 2.26. The van der Waals surface area contributed by atoms with Gasteiger partial charge in [-0.05, 0) is 43.3 Å². The van der Waals surface area contributed by atoms with E-state index in [-0.39, 0.29) is 23.4 Å². The standard InChI is InChI=1S/C23H23F2N3O2S/c1-16-21(26-23(30-16)19-4-2-3-5-20(19)25)14-31-15-22(29)28-12-10-27(11-13-28)18-8-6-17(24)7-9-18/h2-9H,10-15H2,1H3. The minimum Gasteiger partial charge on any atom is -0.441 e. The highest BCUT2D eigenvalue weighted by atomic mass is 32.2. The number of thioether (sulfide) groups is 1. The molecular formula is C23H23F2N3O2S. The van der Waals surface area contributed by atoms with Crippen LogP contribution in [-0.4, -0.2) is 47.7 Å². The zero-order chi connectivity index (χ0) is 21.8. The first-order valence-corrected chi connectivity index (χ1v) is 11.2. The lowest BCUT2D eigenvalue weighted by atomic mass is 10.2. The molecule has 1 fully saturated rings. The maximum absolute atomic E-state index is 14.0. The topological polar surface area (TPSA) is 49.6 Å². The molecule has 0 N–H and O–H groups in total. The van der Waals surface area contributed by atoms with Crippen LogP contribution >= 0.6 is 11.8 Å². The smallest absolute Gasteiger partial charge is 0.232 e. The van der Waals surface area contributed by atoms with Crippen LogP contribution in [0.25, 0.3) is 11.5 Å². The third-order valence-electron chi connectivity index (χ3n) is 5.29. The number of nitrogens with zero attached hydrogens (tertiary/aromatic N) is 3. The fraction of sp³-hybridized carbons (Fsp3) is 0.304. The van der Waals surface area contributed by atoms with E-state index in [0.717, 1.165) is 24.5 Å². The number of carbonyl (C=O) groups excluding carboxylic acids is 1. The normalized spacial score (nSPS) is 14.2. The molecule has 1 aromatic heterocycles. The summed E-state index contributed by atoms with van der Waals surface area (Å²) in [5.74, 6) is 1.21. The van der Waals surface area contributed by atoms with Crippen molar-refractivity contribution in [2.24, 2.45) is 0 Å². The van der Waals surface area contributed by atoms with E-state index in [2.05, 4.69) is 9.88 Å². The van der Waals surface area contributed by atoms with E-state index in [1.165, 1.54) is 30.0 Å². The predicted molar refractivity (Wildman–Crippen MR) is 118 cm³/mol. The Bertz CT molecular complexity index is 1050. The second kappa shape index (κ2) is 9.51. The molecule has 0 atom stereocenters. The number of hydrogen-bond acceptors (Lipinski definition) is 5. The van der Waals surface area contributed by atoms with Crippen LogP contribution in [0.3, 0.4) is 0 Å². The Morgan fingerprint density at radius 2 is 1.77 bits per heavy atom. The third kappa shape index (κ3) is 5.07. The van der Waals surface area contributed by atoms with Gasteiger partial charge in [0, 0.05) is 37.6 Å². The number of oxazole rings is 1. The number of anilines is 1. The lowest BCUT2D eigenvalue weighted by molar-refractivity contribution is -0.128. The van der Waals surface area contributed by atoms with Gasteiger partial charge in [-0.1, -0.05) is 12.1 Å². The average Bonchev–Trinajstić information content (AvgIpc) is 3.15. The van der Waals surface area contributed by atoms with Crippen molar-refractivity contribution in [2.45, 2.75) is 12.7 Å². The van der Waals surface area contributed by atoms with Crippen LogP contribution in [0.2, 0.25) is 0 Å². The lowest BCUT2D eigenvalue weighted by Crippen LogP contribution is -2.49. The highest BCUT2D eigenvalue weighted by molar-refractivity contribution is 7.99. The molecule has 4 rings (SSSR count). The van der Waals surface area contributed by atoms with E-state index in [4.69, 9.17) is 4.42 Å². The molecule has 0 aliphatic carbocycles. The van der Waals surface area contributed by atoms with Crippen LogP contribution in [0.1, 0.15) is 11.5 Å². The molecule has 1 aliphatic rings. The Labute approximate surface area is 184 Å². The summed E-state index contributed by atoms with van der Waals surface area (Å²) in [6.07, 6.45) is 0. The van der Waals surface area contributed by atoms with Gasteiger partial charge in [0.25, 0.3) is 0 Å². The van der Waals surface area contributed by atoms with Crippen LogP contribution in [0.4, 0.5) is 14.5 Å². The van der Waals surface area contributed by atoms with Gasteiger partial charge < -0.3 is 14.2 Å². The maximum Gasteiger partial charge on any atom is 0.232 e. The number of piperazine rings is 1. The van der Waals surface area contributed by atoms with Crippen LogP contribution in [0, 0.1) is 18.6 Å². The second-order valence-electron chi connectivity index (χ2n) is 7.34. The Hall–Kier alpha value is -2.87. The molecule has 8 heteroatoms. The number of halogens is 2. The summed E-state index contributed by atoms with van der Waals surface area (Å²) in [4.78, 5) is 21.0. The van der Waals surface area contributed by atoms with Gasteiger partial charge >= 0.3 is 0 Å². The molecule has 162 valence electrons. The molecule has 1 saturated heterocycles. The van der Waals surface area contributed by atoms with E-state index in [0.29, 0.717) is 35.9 Å². The molecule has 0 unspecified atom stereocenters. The van der Waals surface area contributed by atoms with Gasteiger partial charge in [0.2, 0.25) is 11.8 Å². The molecule has 5 nitrogen and oxygen atoms in total. The summed E-state index contributed by atoms with van der Waals surface area (Å²) >= 11 is 1.47. The Kier molecular flexibility index (Phi) is 6.56. The fourth-order valence-corrected chi connectivity index (χ4v) is 4.42. The van der Waals surface area contributed by atoms with Crippen LogP contribution in [0.15, 0.2) is 52.9 Å². The van der Waals surface area contributed by atoms with Crippen LogP contribution in [0.5, 0.6) is 0 Å².